The van der Waals surface area contributed by atoms with Gasteiger partial charge in [0.2, 0.25) is 11.1 Å². The van der Waals surface area contributed by atoms with Gasteiger partial charge in [-0.15, -0.1) is 0 Å². The van der Waals surface area contributed by atoms with Crippen LogP contribution in [0.25, 0.3) is 0 Å². The van der Waals surface area contributed by atoms with Crippen LogP contribution in [0.5, 0.6) is 0 Å². The van der Waals surface area contributed by atoms with Crippen LogP contribution in [0.2, 0.25) is 5.28 Å². The van der Waals surface area contributed by atoms with Gasteiger partial charge in [-0.2, -0.15) is 4.98 Å². The lowest BCUT2D eigenvalue weighted by molar-refractivity contribution is -0.384. The van der Waals surface area contributed by atoms with Crippen molar-refractivity contribution in [2.24, 2.45) is 5.92 Å². The molecule has 0 unspecified atom stereocenters. The molecule has 1 N–H and O–H groups in total. The minimum absolute atomic E-state index is 0.0115. The molecule has 2 heterocycles. The minimum atomic E-state index is -0.506. The Morgan fingerprint density at radius 3 is 2.90 bits per heavy atom. The molecule has 1 aliphatic rings. The molecule has 0 spiro atoms. The Labute approximate surface area is 122 Å². The van der Waals surface area contributed by atoms with Crippen molar-refractivity contribution in [2.75, 3.05) is 32.0 Å². The van der Waals surface area contributed by atoms with E-state index in [1.807, 2.05) is 0 Å². The molecule has 7 nitrogen and oxygen atoms in total. The fourth-order valence-corrected chi connectivity index (χ4v) is 2.50. The van der Waals surface area contributed by atoms with Crippen LogP contribution < -0.4 is 5.32 Å². The first-order valence-corrected chi connectivity index (χ1v) is 7.03. The van der Waals surface area contributed by atoms with Crippen LogP contribution in [-0.4, -0.2) is 46.5 Å². The minimum Gasteiger partial charge on any atom is -0.364 e. The normalized spacial score (nSPS) is 17.1. The molecule has 1 aromatic heterocycles. The average Bonchev–Trinajstić information content (AvgIpc) is 2.41. The lowest BCUT2D eigenvalue weighted by atomic mass is 9.94. The fourth-order valence-electron chi connectivity index (χ4n) is 2.36. The molecule has 0 atom stereocenters. The molecular weight excluding hydrogens is 282 g/mol. The molecule has 0 aromatic carbocycles. The Morgan fingerprint density at radius 1 is 1.55 bits per heavy atom. The van der Waals surface area contributed by atoms with Crippen molar-refractivity contribution in [1.82, 2.24) is 14.9 Å². The van der Waals surface area contributed by atoms with Crippen LogP contribution in [0.15, 0.2) is 6.20 Å². The highest BCUT2D eigenvalue weighted by Gasteiger charge is 2.19. The zero-order valence-electron chi connectivity index (χ0n) is 11.4. The number of anilines is 1. The Morgan fingerprint density at radius 2 is 2.25 bits per heavy atom. The summed E-state index contributed by atoms with van der Waals surface area (Å²) in [6.45, 7) is 2.89. The van der Waals surface area contributed by atoms with Crippen molar-refractivity contribution in [2.45, 2.75) is 19.3 Å². The highest BCUT2D eigenvalue weighted by atomic mass is 35.5. The van der Waals surface area contributed by atoms with Gasteiger partial charge in [0.15, 0.2) is 0 Å². The number of hydrogen-bond donors (Lipinski definition) is 1. The van der Waals surface area contributed by atoms with Crippen molar-refractivity contribution in [3.05, 3.63) is 21.6 Å². The van der Waals surface area contributed by atoms with Crippen molar-refractivity contribution in [3.63, 3.8) is 0 Å². The van der Waals surface area contributed by atoms with Gasteiger partial charge in [-0.1, -0.05) is 0 Å². The molecule has 1 saturated heterocycles. The molecule has 0 aliphatic carbocycles. The highest BCUT2D eigenvalue weighted by Crippen LogP contribution is 2.23. The van der Waals surface area contributed by atoms with Gasteiger partial charge in [-0.05, 0) is 56.9 Å². The molecule has 1 aromatic rings. The average molecular weight is 300 g/mol. The molecule has 20 heavy (non-hydrogen) atoms. The SMILES string of the molecule is CN1CCC(CCNc2nc(Cl)ncc2[N+](=O)[O-])CC1. The summed E-state index contributed by atoms with van der Waals surface area (Å²) in [6.07, 6.45) is 4.45. The summed E-state index contributed by atoms with van der Waals surface area (Å²) >= 11 is 5.67. The van der Waals surface area contributed by atoms with Gasteiger partial charge < -0.3 is 10.2 Å². The van der Waals surface area contributed by atoms with Gasteiger partial charge >= 0.3 is 5.69 Å². The standard InChI is InChI=1S/C12H18ClN5O2/c1-17-6-3-9(4-7-17)2-5-14-11-10(18(19)20)8-15-12(13)16-11/h8-9H,2-7H2,1H3,(H,14,15,16). The highest BCUT2D eigenvalue weighted by molar-refractivity contribution is 6.28. The summed E-state index contributed by atoms with van der Waals surface area (Å²) < 4.78 is 0. The number of nitrogens with one attached hydrogen (secondary N) is 1. The van der Waals surface area contributed by atoms with E-state index >= 15 is 0 Å². The second-order valence-electron chi connectivity index (χ2n) is 5.09. The second-order valence-corrected chi connectivity index (χ2v) is 5.43. The van der Waals surface area contributed by atoms with Gasteiger partial charge in [0.1, 0.15) is 6.20 Å². The van der Waals surface area contributed by atoms with Gasteiger partial charge in [0.25, 0.3) is 0 Å². The quantitative estimate of drug-likeness (QED) is 0.509. The van der Waals surface area contributed by atoms with Gasteiger partial charge in [-0.3, -0.25) is 10.1 Å². The molecular formula is C12H18ClN5O2. The zero-order chi connectivity index (χ0) is 14.5. The van der Waals surface area contributed by atoms with E-state index in [1.54, 1.807) is 0 Å². The van der Waals surface area contributed by atoms with Gasteiger partial charge in [0.05, 0.1) is 4.92 Å². The maximum atomic E-state index is 10.9. The number of hydrogen-bond acceptors (Lipinski definition) is 6. The van der Waals surface area contributed by atoms with Crippen LogP contribution in [-0.2, 0) is 0 Å². The smallest absolute Gasteiger partial charge is 0.329 e. The van der Waals surface area contributed by atoms with E-state index in [4.69, 9.17) is 11.6 Å². The van der Waals surface area contributed by atoms with E-state index in [1.165, 1.54) is 12.8 Å². The molecule has 0 saturated carbocycles. The van der Waals surface area contributed by atoms with Crippen molar-refractivity contribution in [1.29, 1.82) is 0 Å². The Balaban J connectivity index is 1.87. The van der Waals surface area contributed by atoms with Crippen molar-refractivity contribution in [3.8, 4) is 0 Å². The maximum absolute atomic E-state index is 10.9. The number of likely N-dealkylation sites (tertiary alicyclic amines) is 1. The summed E-state index contributed by atoms with van der Waals surface area (Å²) in [6, 6.07) is 0. The summed E-state index contributed by atoms with van der Waals surface area (Å²) in [7, 11) is 2.13. The topological polar surface area (TPSA) is 84.2 Å². The first-order valence-electron chi connectivity index (χ1n) is 6.65. The van der Waals surface area contributed by atoms with Crippen molar-refractivity contribution < 1.29 is 4.92 Å². The molecule has 0 amide bonds. The second kappa shape index (κ2) is 6.81. The monoisotopic (exact) mass is 299 g/mol. The van der Waals surface area contributed by atoms with Crippen LogP contribution >= 0.6 is 11.6 Å². The number of halogens is 1. The van der Waals surface area contributed by atoms with E-state index < -0.39 is 4.92 Å². The third-order valence-electron chi connectivity index (χ3n) is 3.62. The summed E-state index contributed by atoms with van der Waals surface area (Å²) in [5.41, 5.74) is -0.141. The Hall–Kier alpha value is -1.47. The van der Waals surface area contributed by atoms with Crippen molar-refractivity contribution >= 4 is 23.1 Å². The number of aromatic nitrogens is 2. The Bertz CT molecular complexity index is 477. The molecule has 0 radical (unpaired) electrons. The summed E-state index contributed by atoms with van der Waals surface area (Å²) in [4.78, 5) is 20.2. The molecule has 8 heteroatoms. The van der Waals surface area contributed by atoms with E-state index in [-0.39, 0.29) is 16.8 Å². The first kappa shape index (κ1) is 14.9. The molecule has 110 valence electrons. The predicted octanol–water partition coefficient (Wildman–Crippen LogP) is 2.18. The molecule has 1 fully saturated rings. The maximum Gasteiger partial charge on any atom is 0.329 e. The zero-order valence-corrected chi connectivity index (χ0v) is 12.1. The number of piperidine rings is 1. The number of rotatable bonds is 5. The Kier molecular flexibility index (Phi) is 5.08. The third-order valence-corrected chi connectivity index (χ3v) is 3.80. The van der Waals surface area contributed by atoms with E-state index in [9.17, 15) is 10.1 Å². The molecule has 2 rings (SSSR count). The van der Waals surface area contributed by atoms with Crippen LogP contribution in [0.1, 0.15) is 19.3 Å². The van der Waals surface area contributed by atoms with E-state index in [2.05, 4.69) is 27.2 Å². The van der Waals surface area contributed by atoms with E-state index in [0.29, 0.717) is 12.5 Å². The summed E-state index contributed by atoms with van der Waals surface area (Å²) in [5.74, 6) is 0.859. The van der Waals surface area contributed by atoms with Gasteiger partial charge in [-0.25, -0.2) is 4.98 Å². The van der Waals surface area contributed by atoms with E-state index in [0.717, 1.165) is 25.7 Å². The summed E-state index contributed by atoms with van der Waals surface area (Å²) in [5, 5.41) is 13.9. The van der Waals surface area contributed by atoms with Crippen LogP contribution in [0, 0.1) is 16.0 Å². The lowest BCUT2D eigenvalue weighted by Gasteiger charge is -2.28. The number of nitrogens with zero attached hydrogens (tertiary/aromatic N) is 4. The number of nitro groups is 1. The van der Waals surface area contributed by atoms with Gasteiger partial charge in [0, 0.05) is 6.54 Å². The van der Waals surface area contributed by atoms with Crippen LogP contribution in [0.4, 0.5) is 11.5 Å². The predicted molar refractivity (Wildman–Crippen MR) is 77.0 cm³/mol. The molecule has 0 bridgehead atoms. The van der Waals surface area contributed by atoms with Crippen LogP contribution in [0.3, 0.4) is 0 Å². The lowest BCUT2D eigenvalue weighted by Crippen LogP contribution is -2.30. The molecule has 1 aliphatic heterocycles. The first-order chi connectivity index (χ1) is 9.56. The largest absolute Gasteiger partial charge is 0.364 e. The third kappa shape index (κ3) is 4.01. The fraction of sp³-hybridized carbons (Fsp3) is 0.667.